The van der Waals surface area contributed by atoms with E-state index in [0.29, 0.717) is 25.3 Å². The van der Waals surface area contributed by atoms with E-state index in [9.17, 15) is 9.59 Å². The molecule has 0 bridgehead atoms. The predicted octanol–water partition coefficient (Wildman–Crippen LogP) is 1.00. The molecule has 0 aromatic carbocycles. The van der Waals surface area contributed by atoms with Crippen LogP contribution in [0.2, 0.25) is 0 Å². The molecule has 0 aliphatic carbocycles. The molecule has 0 atom stereocenters. The molecule has 6 heteroatoms. The average Bonchev–Trinajstić information content (AvgIpc) is 2.59. The molecule has 102 valence electrons. The number of carbonyl (C=O) groups excluding carboxylic acids is 1. The topological polar surface area (TPSA) is 68.3 Å². The summed E-state index contributed by atoms with van der Waals surface area (Å²) in [5.74, 6) is 0.00579. The van der Waals surface area contributed by atoms with Crippen LogP contribution in [-0.4, -0.2) is 34.7 Å². The third-order valence-corrected chi connectivity index (χ3v) is 2.51. The molecule has 0 unspecified atom stereocenters. The minimum atomic E-state index is -0.461. The van der Waals surface area contributed by atoms with Crippen molar-refractivity contribution in [1.29, 1.82) is 0 Å². The molecule has 0 spiro atoms. The number of carbonyl (C=O) groups is 1. The molecular weight excluding hydrogens is 234 g/mol. The molecule has 18 heavy (non-hydrogen) atoms. The molecule has 0 aliphatic heterocycles. The van der Waals surface area contributed by atoms with Crippen LogP contribution in [0.25, 0.3) is 0 Å². The Labute approximate surface area is 107 Å². The molecule has 0 aliphatic rings. The molecule has 0 N–H and O–H groups in total. The highest BCUT2D eigenvalue weighted by Gasteiger charge is 2.22. The van der Waals surface area contributed by atoms with Crippen molar-refractivity contribution in [2.45, 2.75) is 45.6 Å². The van der Waals surface area contributed by atoms with Crippen LogP contribution >= 0.6 is 0 Å². The van der Waals surface area contributed by atoms with Crippen LogP contribution in [0.5, 0.6) is 0 Å². The molecular formula is C12H21N3O3. The second-order valence-electron chi connectivity index (χ2n) is 5.54. The van der Waals surface area contributed by atoms with Crippen LogP contribution in [0.3, 0.4) is 0 Å². The molecule has 1 heterocycles. The van der Waals surface area contributed by atoms with Crippen molar-refractivity contribution in [1.82, 2.24) is 14.7 Å². The third kappa shape index (κ3) is 3.72. The van der Waals surface area contributed by atoms with Crippen molar-refractivity contribution in [3.8, 4) is 0 Å². The van der Waals surface area contributed by atoms with Gasteiger partial charge in [0.1, 0.15) is 0 Å². The highest BCUT2D eigenvalue weighted by molar-refractivity contribution is 5.75. The molecule has 0 saturated heterocycles. The maximum absolute atomic E-state index is 11.5. The predicted molar refractivity (Wildman–Crippen MR) is 67.4 cm³/mol. The maximum Gasteiger partial charge on any atom is 0.437 e. The monoisotopic (exact) mass is 255 g/mol. The van der Waals surface area contributed by atoms with Gasteiger partial charge in [-0.2, -0.15) is 4.68 Å². The van der Waals surface area contributed by atoms with Crippen molar-refractivity contribution in [3.63, 3.8) is 0 Å². The molecule has 1 amide bonds. The number of amides is 1. The summed E-state index contributed by atoms with van der Waals surface area (Å²) in [4.78, 5) is 24.4. The minimum absolute atomic E-state index is 0.0441. The van der Waals surface area contributed by atoms with Gasteiger partial charge in [0.2, 0.25) is 11.8 Å². The zero-order valence-corrected chi connectivity index (χ0v) is 11.7. The van der Waals surface area contributed by atoms with Crippen molar-refractivity contribution in [2.24, 2.45) is 0 Å². The van der Waals surface area contributed by atoms with Crippen molar-refractivity contribution >= 4 is 5.91 Å². The van der Waals surface area contributed by atoms with E-state index in [0.717, 1.165) is 0 Å². The van der Waals surface area contributed by atoms with Crippen LogP contribution in [0.1, 0.15) is 39.5 Å². The third-order valence-electron chi connectivity index (χ3n) is 2.51. The van der Waals surface area contributed by atoms with Gasteiger partial charge < -0.3 is 9.32 Å². The van der Waals surface area contributed by atoms with E-state index in [1.54, 1.807) is 14.1 Å². The fourth-order valence-corrected chi connectivity index (χ4v) is 1.35. The SMILES string of the molecule is CN(C)C(=O)CCCn1nc(C(C)(C)C)oc1=O. The van der Waals surface area contributed by atoms with Gasteiger partial charge in [0.15, 0.2) is 0 Å². The summed E-state index contributed by atoms with van der Waals surface area (Å²) in [6, 6.07) is 0. The lowest BCUT2D eigenvalue weighted by molar-refractivity contribution is -0.128. The van der Waals surface area contributed by atoms with Crippen molar-refractivity contribution in [3.05, 3.63) is 16.4 Å². The molecule has 6 nitrogen and oxygen atoms in total. The summed E-state index contributed by atoms with van der Waals surface area (Å²) in [6.45, 7) is 6.19. The van der Waals surface area contributed by atoms with Crippen LogP contribution in [0.15, 0.2) is 9.21 Å². The fourth-order valence-electron chi connectivity index (χ4n) is 1.35. The Morgan fingerprint density at radius 2 is 2.00 bits per heavy atom. The summed E-state index contributed by atoms with van der Waals surface area (Å²) in [6.07, 6.45) is 0.976. The molecule has 1 aromatic heterocycles. The largest absolute Gasteiger partial charge is 0.437 e. The highest BCUT2D eigenvalue weighted by atomic mass is 16.4. The second kappa shape index (κ2) is 5.37. The fraction of sp³-hybridized carbons (Fsp3) is 0.750. The van der Waals surface area contributed by atoms with E-state index >= 15 is 0 Å². The lowest BCUT2D eigenvalue weighted by Crippen LogP contribution is -2.23. The first-order valence-corrected chi connectivity index (χ1v) is 6.00. The van der Waals surface area contributed by atoms with Crippen LogP contribution in [-0.2, 0) is 16.8 Å². The van der Waals surface area contributed by atoms with Gasteiger partial charge in [-0.15, -0.1) is 5.10 Å². The van der Waals surface area contributed by atoms with Gasteiger partial charge in [-0.05, 0) is 6.42 Å². The Balaban J connectivity index is 2.61. The van der Waals surface area contributed by atoms with E-state index in [1.165, 1.54) is 9.58 Å². The lowest BCUT2D eigenvalue weighted by atomic mass is 9.97. The van der Waals surface area contributed by atoms with Gasteiger partial charge in [0, 0.05) is 32.5 Å². The summed E-state index contributed by atoms with van der Waals surface area (Å²) >= 11 is 0. The molecule has 1 rings (SSSR count). The number of hydrogen-bond donors (Lipinski definition) is 0. The average molecular weight is 255 g/mol. The maximum atomic E-state index is 11.5. The Hall–Kier alpha value is -1.59. The van der Waals surface area contributed by atoms with E-state index in [2.05, 4.69) is 5.10 Å². The number of nitrogens with zero attached hydrogens (tertiary/aromatic N) is 3. The molecule has 1 aromatic rings. The van der Waals surface area contributed by atoms with Gasteiger partial charge in [-0.1, -0.05) is 20.8 Å². The van der Waals surface area contributed by atoms with E-state index in [4.69, 9.17) is 4.42 Å². The zero-order chi connectivity index (χ0) is 13.9. The van der Waals surface area contributed by atoms with Gasteiger partial charge in [-0.25, -0.2) is 4.79 Å². The van der Waals surface area contributed by atoms with Gasteiger partial charge in [0.25, 0.3) is 0 Å². The summed E-state index contributed by atoms with van der Waals surface area (Å²) in [5.41, 5.74) is -0.288. The number of rotatable bonds is 4. The first-order chi connectivity index (χ1) is 8.21. The first-order valence-electron chi connectivity index (χ1n) is 6.00. The second-order valence-corrected chi connectivity index (χ2v) is 5.54. The summed E-state index contributed by atoms with van der Waals surface area (Å²) in [7, 11) is 3.42. The van der Waals surface area contributed by atoms with Crippen LogP contribution < -0.4 is 5.76 Å². The molecule has 0 radical (unpaired) electrons. The molecule has 0 fully saturated rings. The summed E-state index contributed by atoms with van der Waals surface area (Å²) < 4.78 is 6.37. The Morgan fingerprint density at radius 3 is 2.44 bits per heavy atom. The first kappa shape index (κ1) is 14.5. The van der Waals surface area contributed by atoms with Gasteiger partial charge >= 0.3 is 5.76 Å². The highest BCUT2D eigenvalue weighted by Crippen LogP contribution is 2.18. The van der Waals surface area contributed by atoms with Crippen molar-refractivity contribution in [2.75, 3.05) is 14.1 Å². The van der Waals surface area contributed by atoms with E-state index in [1.807, 2.05) is 20.8 Å². The number of hydrogen-bond acceptors (Lipinski definition) is 4. The van der Waals surface area contributed by atoms with E-state index < -0.39 is 5.76 Å². The van der Waals surface area contributed by atoms with Gasteiger partial charge in [-0.3, -0.25) is 4.79 Å². The normalized spacial score (nSPS) is 11.6. The summed E-state index contributed by atoms with van der Waals surface area (Å²) in [5, 5.41) is 4.14. The number of aromatic nitrogens is 2. The quantitative estimate of drug-likeness (QED) is 0.805. The van der Waals surface area contributed by atoms with Crippen molar-refractivity contribution < 1.29 is 9.21 Å². The Kier molecular flexibility index (Phi) is 4.32. The Bertz CT molecular complexity index is 466. The van der Waals surface area contributed by atoms with Crippen LogP contribution in [0, 0.1) is 0 Å². The van der Waals surface area contributed by atoms with Gasteiger partial charge in [0.05, 0.1) is 0 Å². The van der Waals surface area contributed by atoms with E-state index in [-0.39, 0.29) is 11.3 Å². The standard InChI is InChI=1S/C12H21N3O3/c1-12(2,3)10-13-15(11(17)18-10)8-6-7-9(16)14(4)5/h6-8H2,1-5H3. The minimum Gasteiger partial charge on any atom is -0.392 e. The van der Waals surface area contributed by atoms with Crippen LogP contribution in [0.4, 0.5) is 0 Å². The Morgan fingerprint density at radius 1 is 1.39 bits per heavy atom. The lowest BCUT2D eigenvalue weighted by Gasteiger charge is -2.11. The number of aryl methyl sites for hydroxylation is 1. The zero-order valence-electron chi connectivity index (χ0n) is 11.7. The smallest absolute Gasteiger partial charge is 0.392 e. The molecule has 0 saturated carbocycles.